The summed E-state index contributed by atoms with van der Waals surface area (Å²) in [4.78, 5) is 22.3. The summed E-state index contributed by atoms with van der Waals surface area (Å²) in [5.41, 5.74) is 0. The zero-order valence-electron chi connectivity index (χ0n) is 19.4. The van der Waals surface area contributed by atoms with Crippen molar-refractivity contribution in [2.75, 3.05) is 0 Å². The Labute approximate surface area is 192 Å². The van der Waals surface area contributed by atoms with E-state index in [1.807, 2.05) is 0 Å². The smallest absolute Gasteiger partial charge is 0.132 e. The van der Waals surface area contributed by atoms with Crippen LogP contribution in [0.25, 0.3) is 0 Å². The monoisotopic (exact) mass is 430 g/mol. The highest BCUT2D eigenvalue weighted by molar-refractivity contribution is 5.79. The van der Waals surface area contributed by atoms with Gasteiger partial charge in [0.05, 0.1) is 0 Å². The molecule has 5 aliphatic rings. The number of carbonyl (C=O) groups is 2. The molecule has 0 saturated heterocycles. The van der Waals surface area contributed by atoms with Crippen molar-refractivity contribution in [2.24, 2.45) is 35.5 Å². The van der Waals surface area contributed by atoms with Crippen LogP contribution in [0.3, 0.4) is 0 Å². The van der Waals surface area contributed by atoms with Gasteiger partial charge in [-0.25, -0.2) is 0 Å². The first-order valence-electron chi connectivity index (χ1n) is 13.7. The molecule has 0 unspecified atom stereocenters. The molecule has 2 heteroatoms. The van der Waals surface area contributed by atoms with Crippen LogP contribution < -0.4 is 0 Å². The van der Waals surface area contributed by atoms with Crippen molar-refractivity contribution in [1.29, 1.82) is 0 Å². The highest BCUT2D eigenvalue weighted by Gasteiger charge is 2.33. The predicted octanol–water partition coefficient (Wildman–Crippen LogP) is 8.31. The van der Waals surface area contributed by atoms with E-state index in [0.717, 1.165) is 61.2 Å². The van der Waals surface area contributed by atoms with Gasteiger partial charge in [0.25, 0.3) is 0 Å². The van der Waals surface area contributed by atoms with Gasteiger partial charge in [-0.3, -0.25) is 9.59 Å². The van der Waals surface area contributed by atoms with E-state index in [0.29, 0.717) is 11.6 Å². The van der Waals surface area contributed by atoms with Gasteiger partial charge in [-0.05, 0) is 86.9 Å². The van der Waals surface area contributed by atoms with Gasteiger partial charge < -0.3 is 0 Å². The first-order chi connectivity index (χ1) is 14.7. The first kappa shape index (κ1) is 25.0. The summed E-state index contributed by atoms with van der Waals surface area (Å²) in [6.07, 6.45) is 26.1. The molecule has 31 heavy (non-hydrogen) atoms. The number of ketones is 2. The van der Waals surface area contributed by atoms with E-state index >= 15 is 0 Å². The lowest BCUT2D eigenvalue weighted by atomic mass is 9.68. The fraction of sp³-hybridized carbons (Fsp3) is 0.931. The summed E-state index contributed by atoms with van der Waals surface area (Å²) in [7, 11) is 0. The van der Waals surface area contributed by atoms with Gasteiger partial charge in [-0.2, -0.15) is 0 Å². The Balaban J connectivity index is 0.000000183. The molecule has 5 saturated carbocycles. The third kappa shape index (κ3) is 7.16. The van der Waals surface area contributed by atoms with E-state index in [1.54, 1.807) is 0 Å². The second kappa shape index (κ2) is 12.5. The second-order valence-electron chi connectivity index (χ2n) is 11.5. The third-order valence-electron chi connectivity index (χ3n) is 9.79. The Morgan fingerprint density at radius 2 is 0.581 bits per heavy atom. The summed E-state index contributed by atoms with van der Waals surface area (Å²) in [6.45, 7) is 0. The molecular formula is C29H50O2. The maximum atomic E-state index is 11.3. The van der Waals surface area contributed by atoms with Gasteiger partial charge in [0.15, 0.2) is 0 Å². The van der Waals surface area contributed by atoms with Gasteiger partial charge in [-0.15, -0.1) is 0 Å². The van der Waals surface area contributed by atoms with Crippen molar-refractivity contribution >= 4 is 11.6 Å². The van der Waals surface area contributed by atoms with Crippen LogP contribution in [-0.4, -0.2) is 11.6 Å². The van der Waals surface area contributed by atoms with Crippen LogP contribution in [0, 0.1) is 35.5 Å². The molecule has 0 aliphatic heterocycles. The fourth-order valence-corrected chi connectivity index (χ4v) is 7.81. The lowest BCUT2D eigenvalue weighted by molar-refractivity contribution is -0.122. The largest absolute Gasteiger partial charge is 0.300 e. The highest BCUT2D eigenvalue weighted by Crippen LogP contribution is 2.44. The van der Waals surface area contributed by atoms with Crippen molar-refractivity contribution in [3.63, 3.8) is 0 Å². The highest BCUT2D eigenvalue weighted by atomic mass is 16.1. The zero-order valence-corrected chi connectivity index (χ0v) is 19.4. The Morgan fingerprint density at radius 1 is 0.355 bits per heavy atom. The summed E-state index contributed by atoms with van der Waals surface area (Å²) < 4.78 is 0. The van der Waals surface area contributed by atoms with Crippen molar-refractivity contribution < 1.29 is 9.59 Å². The molecule has 5 aliphatic carbocycles. The van der Waals surface area contributed by atoms with Gasteiger partial charge in [0, 0.05) is 25.7 Å². The van der Waals surface area contributed by atoms with E-state index < -0.39 is 0 Å². The molecule has 0 atom stereocenters. The molecule has 0 aromatic carbocycles. The summed E-state index contributed by atoms with van der Waals surface area (Å²) in [5.74, 6) is 6.93. The maximum Gasteiger partial charge on any atom is 0.132 e. The molecule has 0 amide bonds. The van der Waals surface area contributed by atoms with E-state index in [1.165, 1.54) is 103 Å². The molecule has 0 spiro atoms. The molecule has 0 aromatic heterocycles. The van der Waals surface area contributed by atoms with E-state index in [4.69, 9.17) is 0 Å². The molecular weight excluding hydrogens is 380 g/mol. The van der Waals surface area contributed by atoms with Crippen molar-refractivity contribution in [1.82, 2.24) is 0 Å². The van der Waals surface area contributed by atoms with Crippen LogP contribution in [0.5, 0.6) is 0 Å². The van der Waals surface area contributed by atoms with Crippen molar-refractivity contribution in [3.05, 3.63) is 0 Å². The molecule has 0 N–H and O–H groups in total. The quantitative estimate of drug-likeness (QED) is 0.451. The van der Waals surface area contributed by atoms with Crippen molar-refractivity contribution in [2.45, 2.75) is 136 Å². The number of rotatable bonds is 3. The van der Waals surface area contributed by atoms with E-state index in [9.17, 15) is 9.59 Å². The molecule has 2 nitrogen and oxygen atoms in total. The lowest BCUT2D eigenvalue weighted by Crippen LogP contribution is -2.27. The van der Waals surface area contributed by atoms with Crippen LogP contribution in [0.1, 0.15) is 136 Å². The molecule has 178 valence electrons. The number of hydrogen-bond acceptors (Lipinski definition) is 2. The third-order valence-corrected chi connectivity index (χ3v) is 9.79. The first-order valence-corrected chi connectivity index (χ1v) is 13.7. The van der Waals surface area contributed by atoms with Crippen molar-refractivity contribution in [3.8, 4) is 0 Å². The Kier molecular flexibility index (Phi) is 10.1. The molecule has 5 rings (SSSR count). The summed E-state index contributed by atoms with van der Waals surface area (Å²) in [6, 6.07) is 0. The Morgan fingerprint density at radius 3 is 0.871 bits per heavy atom. The minimum absolute atomic E-state index is 0. The minimum Gasteiger partial charge on any atom is -0.300 e. The molecule has 0 aromatic rings. The number of hydrogen-bond donors (Lipinski definition) is 0. The van der Waals surface area contributed by atoms with Crippen LogP contribution >= 0.6 is 0 Å². The predicted molar refractivity (Wildman–Crippen MR) is 130 cm³/mol. The van der Waals surface area contributed by atoms with Crippen LogP contribution in [0.4, 0.5) is 0 Å². The van der Waals surface area contributed by atoms with Gasteiger partial charge in [0.1, 0.15) is 11.6 Å². The average molecular weight is 431 g/mol. The molecule has 0 radical (unpaired) electrons. The SMILES string of the molecule is C.O=C1CCC(C2CCC(C3CCCC3)CC2)CC1.O=C1CCC(C2CCCC2)CC1. The van der Waals surface area contributed by atoms with Gasteiger partial charge in [0.2, 0.25) is 0 Å². The van der Waals surface area contributed by atoms with Crippen LogP contribution in [0.15, 0.2) is 0 Å². The second-order valence-corrected chi connectivity index (χ2v) is 11.5. The Hall–Kier alpha value is -0.660. The topological polar surface area (TPSA) is 34.1 Å². The van der Waals surface area contributed by atoms with Crippen LogP contribution in [-0.2, 0) is 9.59 Å². The van der Waals surface area contributed by atoms with E-state index in [2.05, 4.69) is 0 Å². The normalized spacial score (nSPS) is 31.9. The Bertz CT molecular complexity index is 527. The fourth-order valence-electron chi connectivity index (χ4n) is 7.81. The van der Waals surface area contributed by atoms with E-state index in [-0.39, 0.29) is 7.43 Å². The number of carbonyl (C=O) groups excluding carboxylic acids is 2. The van der Waals surface area contributed by atoms with Gasteiger partial charge in [-0.1, -0.05) is 58.8 Å². The molecule has 5 fully saturated rings. The van der Waals surface area contributed by atoms with Gasteiger partial charge >= 0.3 is 0 Å². The molecule has 0 heterocycles. The summed E-state index contributed by atoms with van der Waals surface area (Å²) >= 11 is 0. The summed E-state index contributed by atoms with van der Waals surface area (Å²) in [5, 5.41) is 0. The minimum atomic E-state index is 0. The standard InChI is InChI=1S/C17H28O.C11H18O.CH4/c18-17-11-9-16(10-12-17)15-7-5-14(6-8-15)13-3-1-2-4-13;12-11-7-5-10(6-8-11)9-3-1-2-4-9;/h13-16H,1-12H2;9-10H,1-8H2;1H4. The lowest BCUT2D eigenvalue weighted by Gasteiger charge is -2.37. The number of Topliss-reactive ketones (excluding diaryl/α,β-unsaturated/α-hetero) is 2. The average Bonchev–Trinajstić information content (AvgIpc) is 3.50. The van der Waals surface area contributed by atoms with Crippen LogP contribution in [0.2, 0.25) is 0 Å². The maximum absolute atomic E-state index is 11.3. The molecule has 0 bridgehead atoms. The zero-order chi connectivity index (χ0) is 20.8.